The number of benzene rings is 2. The number of nitrogens with one attached hydrogen (secondary N) is 1. The lowest BCUT2D eigenvalue weighted by Gasteiger charge is -2.35. The van der Waals surface area contributed by atoms with E-state index in [1.165, 1.54) is 13.0 Å². The second-order valence-electron chi connectivity index (χ2n) is 7.88. The highest BCUT2D eigenvalue weighted by molar-refractivity contribution is 5.95. The van der Waals surface area contributed by atoms with Crippen molar-refractivity contribution < 1.29 is 19.2 Å². The first-order chi connectivity index (χ1) is 15.2. The number of hydrogen-bond acceptors (Lipinski definition) is 6. The summed E-state index contributed by atoms with van der Waals surface area (Å²) in [5, 5.41) is 14.4. The first kappa shape index (κ1) is 23.1. The molecule has 1 fully saturated rings. The summed E-state index contributed by atoms with van der Waals surface area (Å²) in [4.78, 5) is 38.8. The molecule has 170 valence electrons. The molecule has 1 N–H and O–H groups in total. The monoisotopic (exact) mass is 440 g/mol. The van der Waals surface area contributed by atoms with Crippen LogP contribution < -0.4 is 15.0 Å². The molecule has 0 saturated carbocycles. The minimum Gasteiger partial charge on any atom is -0.492 e. The Balaban J connectivity index is 1.60. The summed E-state index contributed by atoms with van der Waals surface area (Å²) in [5.41, 5.74) is 2.74. The Hall–Kier alpha value is -3.62. The standard InChI is InChI=1S/C23H28N4O5/c1-16-12-17(2)14-20(13-16)32-11-6-24-23(29)19-4-5-21(22(15-19)27(30)31)26-9-7-25(8-10-26)18(3)28/h4-5,12-15H,6-11H2,1-3H3,(H,24,29). The van der Waals surface area contributed by atoms with Crippen LogP contribution >= 0.6 is 0 Å². The summed E-state index contributed by atoms with van der Waals surface area (Å²) in [6, 6.07) is 10.4. The van der Waals surface area contributed by atoms with Crippen molar-refractivity contribution in [1.29, 1.82) is 0 Å². The number of nitro groups is 1. The molecule has 1 aliphatic rings. The maximum atomic E-state index is 12.5. The fourth-order valence-corrected chi connectivity index (χ4v) is 3.79. The van der Waals surface area contributed by atoms with Crippen LogP contribution in [0, 0.1) is 24.0 Å². The number of carbonyl (C=O) groups is 2. The number of carbonyl (C=O) groups excluding carboxylic acids is 2. The summed E-state index contributed by atoms with van der Waals surface area (Å²) < 4.78 is 5.68. The highest BCUT2D eigenvalue weighted by Crippen LogP contribution is 2.30. The zero-order valence-electron chi connectivity index (χ0n) is 18.6. The second-order valence-corrected chi connectivity index (χ2v) is 7.88. The molecule has 0 radical (unpaired) electrons. The van der Waals surface area contributed by atoms with Gasteiger partial charge in [-0.3, -0.25) is 19.7 Å². The average molecular weight is 441 g/mol. The summed E-state index contributed by atoms with van der Waals surface area (Å²) in [6.07, 6.45) is 0. The molecule has 1 saturated heterocycles. The molecule has 0 spiro atoms. The number of nitrogens with zero attached hydrogens (tertiary/aromatic N) is 3. The van der Waals surface area contributed by atoms with Crippen LogP contribution in [0.25, 0.3) is 0 Å². The van der Waals surface area contributed by atoms with E-state index in [0.29, 0.717) is 31.9 Å². The molecule has 32 heavy (non-hydrogen) atoms. The molecule has 0 atom stereocenters. The summed E-state index contributed by atoms with van der Waals surface area (Å²) in [5.74, 6) is 0.333. The molecule has 0 unspecified atom stereocenters. The van der Waals surface area contributed by atoms with E-state index < -0.39 is 10.8 Å². The topological polar surface area (TPSA) is 105 Å². The van der Waals surface area contributed by atoms with Crippen LogP contribution in [0.2, 0.25) is 0 Å². The highest BCUT2D eigenvalue weighted by atomic mass is 16.6. The SMILES string of the molecule is CC(=O)N1CCN(c2ccc(C(=O)NCCOc3cc(C)cc(C)c3)cc2[N+](=O)[O-])CC1. The number of amides is 2. The fourth-order valence-electron chi connectivity index (χ4n) is 3.79. The Kier molecular flexibility index (Phi) is 7.29. The number of ether oxygens (including phenoxy) is 1. The lowest BCUT2D eigenvalue weighted by Crippen LogP contribution is -2.48. The number of nitro benzene ring substituents is 1. The van der Waals surface area contributed by atoms with Crippen LogP contribution in [0.5, 0.6) is 5.75 Å². The molecule has 1 heterocycles. The van der Waals surface area contributed by atoms with Crippen LogP contribution in [0.3, 0.4) is 0 Å². The molecule has 1 aliphatic heterocycles. The second kappa shape index (κ2) is 10.1. The van der Waals surface area contributed by atoms with Crippen LogP contribution in [-0.2, 0) is 4.79 Å². The molecule has 0 aromatic heterocycles. The zero-order valence-corrected chi connectivity index (χ0v) is 18.6. The van der Waals surface area contributed by atoms with Crippen molar-refractivity contribution >= 4 is 23.2 Å². The fraction of sp³-hybridized carbons (Fsp3) is 0.391. The van der Waals surface area contributed by atoms with Gasteiger partial charge in [-0.1, -0.05) is 6.07 Å². The third-order valence-corrected chi connectivity index (χ3v) is 5.35. The molecule has 2 aromatic carbocycles. The Morgan fingerprint density at radius 1 is 1.06 bits per heavy atom. The molecule has 2 aromatic rings. The minimum atomic E-state index is -0.480. The minimum absolute atomic E-state index is 0.00678. The highest BCUT2D eigenvalue weighted by Gasteiger charge is 2.25. The van der Waals surface area contributed by atoms with Gasteiger partial charge in [-0.2, -0.15) is 0 Å². The van der Waals surface area contributed by atoms with E-state index in [9.17, 15) is 19.7 Å². The van der Waals surface area contributed by atoms with Crippen molar-refractivity contribution in [2.75, 3.05) is 44.2 Å². The van der Waals surface area contributed by atoms with E-state index in [-0.39, 0.29) is 30.3 Å². The number of rotatable bonds is 7. The van der Waals surface area contributed by atoms with Gasteiger partial charge in [0.15, 0.2) is 0 Å². The maximum Gasteiger partial charge on any atom is 0.293 e. The lowest BCUT2D eigenvalue weighted by atomic mass is 10.1. The molecule has 0 aliphatic carbocycles. The predicted molar refractivity (Wildman–Crippen MR) is 121 cm³/mol. The van der Waals surface area contributed by atoms with E-state index in [4.69, 9.17) is 4.74 Å². The first-order valence-corrected chi connectivity index (χ1v) is 10.5. The van der Waals surface area contributed by atoms with Gasteiger partial charge < -0.3 is 19.9 Å². The van der Waals surface area contributed by atoms with Gasteiger partial charge in [0.2, 0.25) is 5.91 Å². The van der Waals surface area contributed by atoms with Gasteiger partial charge in [0.25, 0.3) is 11.6 Å². The molecular weight excluding hydrogens is 412 g/mol. The van der Waals surface area contributed by atoms with Crippen molar-refractivity contribution in [2.45, 2.75) is 20.8 Å². The Labute approximate surface area is 187 Å². The normalized spacial score (nSPS) is 13.6. The predicted octanol–water partition coefficient (Wildman–Crippen LogP) is 2.69. The number of hydrogen-bond donors (Lipinski definition) is 1. The summed E-state index contributed by atoms with van der Waals surface area (Å²) in [7, 11) is 0. The van der Waals surface area contributed by atoms with Crippen molar-refractivity contribution in [3.8, 4) is 5.75 Å². The van der Waals surface area contributed by atoms with E-state index in [1.54, 1.807) is 17.0 Å². The van der Waals surface area contributed by atoms with Crippen LogP contribution in [0.4, 0.5) is 11.4 Å². The molecule has 3 rings (SSSR count). The van der Waals surface area contributed by atoms with Crippen LogP contribution in [0.1, 0.15) is 28.4 Å². The first-order valence-electron chi connectivity index (χ1n) is 10.5. The largest absolute Gasteiger partial charge is 0.492 e. The molecule has 2 amide bonds. The van der Waals surface area contributed by atoms with Crippen molar-refractivity contribution in [1.82, 2.24) is 10.2 Å². The average Bonchev–Trinajstić information content (AvgIpc) is 2.75. The maximum absolute atomic E-state index is 12.5. The number of piperazine rings is 1. The van der Waals surface area contributed by atoms with Gasteiger partial charge in [0.05, 0.1) is 11.5 Å². The van der Waals surface area contributed by atoms with Gasteiger partial charge in [0.1, 0.15) is 18.0 Å². The Morgan fingerprint density at radius 2 is 1.72 bits per heavy atom. The lowest BCUT2D eigenvalue weighted by molar-refractivity contribution is -0.384. The van der Waals surface area contributed by atoms with Gasteiger partial charge in [-0.15, -0.1) is 0 Å². The molecule has 9 nitrogen and oxygen atoms in total. The summed E-state index contributed by atoms with van der Waals surface area (Å²) in [6.45, 7) is 8.07. The summed E-state index contributed by atoms with van der Waals surface area (Å²) >= 11 is 0. The Morgan fingerprint density at radius 3 is 2.31 bits per heavy atom. The molecular formula is C23H28N4O5. The van der Waals surface area contributed by atoms with Crippen LogP contribution in [-0.4, -0.2) is 61.0 Å². The van der Waals surface area contributed by atoms with Crippen molar-refractivity contribution in [3.05, 3.63) is 63.2 Å². The van der Waals surface area contributed by atoms with Gasteiger partial charge in [-0.25, -0.2) is 0 Å². The molecule has 0 bridgehead atoms. The van der Waals surface area contributed by atoms with E-state index >= 15 is 0 Å². The van der Waals surface area contributed by atoms with E-state index in [1.807, 2.05) is 30.9 Å². The van der Waals surface area contributed by atoms with E-state index in [2.05, 4.69) is 11.4 Å². The van der Waals surface area contributed by atoms with Crippen LogP contribution in [0.15, 0.2) is 36.4 Å². The van der Waals surface area contributed by atoms with Gasteiger partial charge in [0, 0.05) is 44.7 Å². The van der Waals surface area contributed by atoms with Gasteiger partial charge >= 0.3 is 0 Å². The number of anilines is 1. The van der Waals surface area contributed by atoms with Gasteiger partial charge in [-0.05, 0) is 49.2 Å². The smallest absolute Gasteiger partial charge is 0.293 e. The number of aryl methyl sites for hydroxylation is 2. The van der Waals surface area contributed by atoms with E-state index in [0.717, 1.165) is 16.9 Å². The molecule has 9 heteroatoms. The quantitative estimate of drug-likeness (QED) is 0.403. The third kappa shape index (κ3) is 5.75. The van der Waals surface area contributed by atoms with Crippen molar-refractivity contribution in [2.24, 2.45) is 0 Å². The van der Waals surface area contributed by atoms with Crippen molar-refractivity contribution in [3.63, 3.8) is 0 Å². The Bertz CT molecular complexity index is 995. The zero-order chi connectivity index (χ0) is 23.3. The third-order valence-electron chi connectivity index (χ3n) is 5.35.